The molecule has 0 fully saturated rings. The maximum atomic E-state index is 9.55. The summed E-state index contributed by atoms with van der Waals surface area (Å²) in [7, 11) is 3.21. The molecule has 0 aliphatic rings. The Labute approximate surface area is 148 Å². The first kappa shape index (κ1) is 16.2. The number of nitriles is 1. The van der Waals surface area contributed by atoms with Crippen molar-refractivity contribution in [3.8, 4) is 28.1 Å². The molecule has 0 unspecified atom stereocenters. The average molecular weight is 354 g/mol. The summed E-state index contributed by atoms with van der Waals surface area (Å²) in [4.78, 5) is 5.68. The summed E-state index contributed by atoms with van der Waals surface area (Å²) >= 11 is 3.08. The number of ether oxygens (including phenoxy) is 2. The van der Waals surface area contributed by atoms with E-state index in [2.05, 4.69) is 11.1 Å². The number of nitrogens with zero attached hydrogens (tertiary/aromatic N) is 2. The highest BCUT2D eigenvalue weighted by atomic mass is 32.1. The molecule has 0 amide bonds. The standard InChI is InChI=1S/C18H14N2O2S2/c1-21-14-5-6-16(22-2)12(9-14)8-13(10-19)18-20-15(11-24-18)17-4-3-7-23-17/h3-9,11H,1-2H3. The first-order valence-electron chi connectivity index (χ1n) is 7.08. The van der Waals surface area contributed by atoms with E-state index < -0.39 is 0 Å². The van der Waals surface area contributed by atoms with Crippen LogP contribution in [0.1, 0.15) is 10.6 Å². The Bertz CT molecular complexity index is 905. The second-order valence-electron chi connectivity index (χ2n) is 4.79. The van der Waals surface area contributed by atoms with Gasteiger partial charge in [-0.1, -0.05) is 6.07 Å². The molecule has 3 aromatic rings. The van der Waals surface area contributed by atoms with E-state index in [-0.39, 0.29) is 0 Å². The van der Waals surface area contributed by atoms with Crippen LogP contribution < -0.4 is 9.47 Å². The summed E-state index contributed by atoms with van der Waals surface area (Å²) in [6.45, 7) is 0. The average Bonchev–Trinajstić information content (AvgIpc) is 3.30. The maximum Gasteiger partial charge on any atom is 0.134 e. The third-order valence-electron chi connectivity index (χ3n) is 3.37. The predicted molar refractivity (Wildman–Crippen MR) is 98.5 cm³/mol. The number of hydrogen-bond donors (Lipinski definition) is 0. The van der Waals surface area contributed by atoms with Crippen molar-refractivity contribution in [3.05, 3.63) is 51.7 Å². The Morgan fingerprint density at radius 1 is 1.21 bits per heavy atom. The van der Waals surface area contributed by atoms with Crippen LogP contribution in [0.4, 0.5) is 0 Å². The zero-order valence-corrected chi connectivity index (χ0v) is 14.8. The summed E-state index contributed by atoms with van der Waals surface area (Å²) < 4.78 is 10.6. The lowest BCUT2D eigenvalue weighted by Crippen LogP contribution is -1.90. The molecule has 0 N–H and O–H groups in total. The van der Waals surface area contributed by atoms with Crippen molar-refractivity contribution in [2.75, 3.05) is 14.2 Å². The van der Waals surface area contributed by atoms with E-state index >= 15 is 0 Å². The van der Waals surface area contributed by atoms with Crippen molar-refractivity contribution < 1.29 is 9.47 Å². The summed E-state index contributed by atoms with van der Waals surface area (Å²) in [6.07, 6.45) is 1.78. The Balaban J connectivity index is 2.00. The molecule has 0 atom stereocenters. The molecule has 2 aromatic heterocycles. The molecule has 0 radical (unpaired) electrons. The van der Waals surface area contributed by atoms with Gasteiger partial charge in [-0.3, -0.25) is 0 Å². The first-order chi connectivity index (χ1) is 11.7. The number of benzene rings is 1. The summed E-state index contributed by atoms with van der Waals surface area (Å²) in [6, 6.07) is 11.7. The fraction of sp³-hybridized carbons (Fsp3) is 0.111. The van der Waals surface area contributed by atoms with Crippen LogP contribution in [0.15, 0.2) is 41.1 Å². The van der Waals surface area contributed by atoms with Gasteiger partial charge in [0.15, 0.2) is 0 Å². The highest BCUT2D eigenvalue weighted by molar-refractivity contribution is 7.14. The third-order valence-corrected chi connectivity index (χ3v) is 5.13. The molecule has 1 aromatic carbocycles. The molecule has 120 valence electrons. The van der Waals surface area contributed by atoms with Gasteiger partial charge in [0, 0.05) is 10.9 Å². The summed E-state index contributed by atoms with van der Waals surface area (Å²) in [5.41, 5.74) is 2.17. The lowest BCUT2D eigenvalue weighted by molar-refractivity contribution is 0.402. The zero-order chi connectivity index (χ0) is 16.9. The van der Waals surface area contributed by atoms with Crippen LogP contribution in [0.5, 0.6) is 11.5 Å². The number of aromatic nitrogens is 1. The van der Waals surface area contributed by atoms with Crippen LogP contribution in [-0.2, 0) is 0 Å². The highest BCUT2D eigenvalue weighted by Gasteiger charge is 2.11. The Morgan fingerprint density at radius 3 is 2.75 bits per heavy atom. The van der Waals surface area contributed by atoms with E-state index in [4.69, 9.17) is 9.47 Å². The lowest BCUT2D eigenvalue weighted by Gasteiger charge is -2.07. The number of hydrogen-bond acceptors (Lipinski definition) is 6. The molecule has 0 saturated carbocycles. The van der Waals surface area contributed by atoms with Gasteiger partial charge in [-0.2, -0.15) is 5.26 Å². The van der Waals surface area contributed by atoms with Crippen molar-refractivity contribution in [3.63, 3.8) is 0 Å². The Hall–Kier alpha value is -2.62. The van der Waals surface area contributed by atoms with Crippen LogP contribution in [0.3, 0.4) is 0 Å². The van der Waals surface area contributed by atoms with Gasteiger partial charge in [0.05, 0.1) is 30.4 Å². The fourth-order valence-electron chi connectivity index (χ4n) is 2.18. The minimum absolute atomic E-state index is 0.495. The van der Waals surface area contributed by atoms with Crippen LogP contribution in [-0.4, -0.2) is 19.2 Å². The van der Waals surface area contributed by atoms with Crippen molar-refractivity contribution in [2.45, 2.75) is 0 Å². The number of methoxy groups -OCH3 is 2. The van der Waals surface area contributed by atoms with Crippen molar-refractivity contribution >= 4 is 34.3 Å². The Morgan fingerprint density at radius 2 is 2.08 bits per heavy atom. The first-order valence-corrected chi connectivity index (χ1v) is 8.84. The summed E-state index contributed by atoms with van der Waals surface area (Å²) in [5, 5.41) is 14.2. The molecular weight excluding hydrogens is 340 g/mol. The van der Waals surface area contributed by atoms with Crippen LogP contribution in [0, 0.1) is 11.3 Å². The second kappa shape index (κ2) is 7.30. The minimum Gasteiger partial charge on any atom is -0.497 e. The predicted octanol–water partition coefficient (Wildman–Crippen LogP) is 4.95. The van der Waals surface area contributed by atoms with Crippen LogP contribution in [0.25, 0.3) is 22.2 Å². The minimum atomic E-state index is 0.495. The van der Waals surface area contributed by atoms with Gasteiger partial charge in [0.2, 0.25) is 0 Å². The molecule has 4 nitrogen and oxygen atoms in total. The van der Waals surface area contributed by atoms with Gasteiger partial charge in [-0.25, -0.2) is 4.98 Å². The monoisotopic (exact) mass is 354 g/mol. The van der Waals surface area contributed by atoms with Gasteiger partial charge in [-0.05, 0) is 35.7 Å². The van der Waals surface area contributed by atoms with E-state index in [9.17, 15) is 5.26 Å². The van der Waals surface area contributed by atoms with E-state index in [0.717, 1.165) is 16.1 Å². The van der Waals surface area contributed by atoms with Crippen molar-refractivity contribution in [1.29, 1.82) is 5.26 Å². The quantitative estimate of drug-likeness (QED) is 0.608. The smallest absolute Gasteiger partial charge is 0.134 e. The topological polar surface area (TPSA) is 55.1 Å². The van der Waals surface area contributed by atoms with E-state index in [1.807, 2.05) is 41.1 Å². The molecular formula is C18H14N2O2S2. The molecule has 0 aliphatic heterocycles. The molecule has 0 spiro atoms. The second-order valence-corrected chi connectivity index (χ2v) is 6.60. The zero-order valence-electron chi connectivity index (χ0n) is 13.1. The van der Waals surface area contributed by atoms with E-state index in [1.165, 1.54) is 11.3 Å². The SMILES string of the molecule is COc1ccc(OC)c(C=C(C#N)c2nc(-c3cccs3)cs2)c1. The number of thiophene rings is 1. The molecule has 0 bridgehead atoms. The van der Waals surface area contributed by atoms with Crippen LogP contribution in [0.2, 0.25) is 0 Å². The molecule has 0 aliphatic carbocycles. The Kier molecular flexibility index (Phi) is 4.94. The lowest BCUT2D eigenvalue weighted by atomic mass is 10.1. The molecule has 3 rings (SSSR count). The van der Waals surface area contributed by atoms with Gasteiger partial charge >= 0.3 is 0 Å². The van der Waals surface area contributed by atoms with E-state index in [0.29, 0.717) is 22.1 Å². The molecule has 24 heavy (non-hydrogen) atoms. The van der Waals surface area contributed by atoms with Gasteiger partial charge in [-0.15, -0.1) is 22.7 Å². The van der Waals surface area contributed by atoms with Gasteiger partial charge < -0.3 is 9.47 Å². The van der Waals surface area contributed by atoms with Gasteiger partial charge in [0.1, 0.15) is 22.6 Å². The van der Waals surface area contributed by atoms with E-state index in [1.54, 1.807) is 31.6 Å². The summed E-state index contributed by atoms with van der Waals surface area (Å²) in [5.74, 6) is 1.39. The molecule has 0 saturated heterocycles. The van der Waals surface area contributed by atoms with Crippen molar-refractivity contribution in [1.82, 2.24) is 4.98 Å². The van der Waals surface area contributed by atoms with Crippen LogP contribution >= 0.6 is 22.7 Å². The van der Waals surface area contributed by atoms with Crippen molar-refractivity contribution in [2.24, 2.45) is 0 Å². The number of thiazole rings is 1. The largest absolute Gasteiger partial charge is 0.497 e. The van der Waals surface area contributed by atoms with Gasteiger partial charge in [0.25, 0.3) is 0 Å². The highest BCUT2D eigenvalue weighted by Crippen LogP contribution is 2.32. The molecule has 6 heteroatoms. The number of allylic oxidation sites excluding steroid dienone is 1. The fourth-order valence-corrected chi connectivity index (χ4v) is 3.73. The number of rotatable bonds is 5. The maximum absolute atomic E-state index is 9.55. The normalized spacial score (nSPS) is 11.1. The molecule has 2 heterocycles. The third kappa shape index (κ3) is 3.32.